The molecule has 0 spiro atoms. The van der Waals surface area contributed by atoms with Crippen molar-refractivity contribution >= 4 is 39.3 Å². The average molecular weight is 497 g/mol. The van der Waals surface area contributed by atoms with Gasteiger partial charge in [0.15, 0.2) is 5.75 Å². The molecule has 182 valence electrons. The van der Waals surface area contributed by atoms with Crippen molar-refractivity contribution in [2.45, 2.75) is 13.0 Å². The maximum absolute atomic E-state index is 13.1. The van der Waals surface area contributed by atoms with Gasteiger partial charge in [-0.3, -0.25) is 19.5 Å². The lowest BCUT2D eigenvalue weighted by Gasteiger charge is -2.39. The summed E-state index contributed by atoms with van der Waals surface area (Å²) >= 11 is 0. The first kappa shape index (κ1) is 24.0. The van der Waals surface area contributed by atoms with Gasteiger partial charge in [-0.15, -0.1) is 0 Å². The summed E-state index contributed by atoms with van der Waals surface area (Å²) in [4.78, 5) is 32.6. The summed E-state index contributed by atoms with van der Waals surface area (Å²) in [5, 5.41) is 0. The molecule has 1 aliphatic heterocycles. The minimum atomic E-state index is -3.39. The van der Waals surface area contributed by atoms with E-state index in [1.807, 2.05) is 13.0 Å². The number of methoxy groups -OCH3 is 1. The summed E-state index contributed by atoms with van der Waals surface area (Å²) < 4.78 is 35.9. The number of carbonyl (C=O) groups is 2. The highest BCUT2D eigenvalue weighted by Gasteiger charge is 2.36. The number of sulfonamides is 1. The van der Waals surface area contributed by atoms with Crippen molar-refractivity contribution < 1.29 is 27.5 Å². The van der Waals surface area contributed by atoms with Gasteiger partial charge in [-0.05, 0) is 54.4 Å². The number of pyridine rings is 1. The predicted molar refractivity (Wildman–Crippen MR) is 132 cm³/mol. The molecule has 3 aromatic rings. The van der Waals surface area contributed by atoms with E-state index in [1.54, 1.807) is 54.7 Å². The van der Waals surface area contributed by atoms with E-state index in [2.05, 4.69) is 9.71 Å². The molecule has 0 saturated heterocycles. The van der Waals surface area contributed by atoms with Crippen LogP contribution in [0.25, 0.3) is 11.1 Å². The van der Waals surface area contributed by atoms with Gasteiger partial charge in [0.2, 0.25) is 10.0 Å². The molecule has 2 amide bonds. The van der Waals surface area contributed by atoms with Crippen LogP contribution in [0.1, 0.15) is 6.92 Å². The Morgan fingerprint density at radius 1 is 1.03 bits per heavy atom. The lowest BCUT2D eigenvalue weighted by atomic mass is 10.0. The van der Waals surface area contributed by atoms with Crippen molar-refractivity contribution in [2.24, 2.45) is 0 Å². The molecule has 0 fully saturated rings. The molecular formula is C24H24N4O6S. The van der Waals surface area contributed by atoms with Crippen LogP contribution in [0, 0.1) is 0 Å². The second-order valence-corrected chi connectivity index (χ2v) is 9.76. The summed E-state index contributed by atoms with van der Waals surface area (Å²) in [7, 11) is -2.09. The van der Waals surface area contributed by atoms with E-state index in [9.17, 15) is 18.0 Å². The molecule has 2 heterocycles. The number of amides is 2. The quantitative estimate of drug-likeness (QED) is 0.578. The molecule has 0 radical (unpaired) electrons. The van der Waals surface area contributed by atoms with Crippen LogP contribution in [0.3, 0.4) is 0 Å². The van der Waals surface area contributed by atoms with Crippen LogP contribution >= 0.6 is 0 Å². The Kier molecular flexibility index (Phi) is 6.61. The third-order valence-corrected chi connectivity index (χ3v) is 5.97. The number of aromatic nitrogens is 1. The van der Waals surface area contributed by atoms with Crippen LogP contribution in [0.2, 0.25) is 0 Å². The maximum Gasteiger partial charge on any atom is 0.419 e. The third kappa shape index (κ3) is 5.35. The van der Waals surface area contributed by atoms with Gasteiger partial charge in [0, 0.05) is 11.9 Å². The van der Waals surface area contributed by atoms with Crippen LogP contribution in [0.4, 0.5) is 26.7 Å². The van der Waals surface area contributed by atoms with Gasteiger partial charge in [0.1, 0.15) is 0 Å². The Labute approximate surface area is 203 Å². The summed E-state index contributed by atoms with van der Waals surface area (Å²) in [6.07, 6.45) is 2.95. The highest BCUT2D eigenvalue weighted by Crippen LogP contribution is 2.39. The van der Waals surface area contributed by atoms with Crippen molar-refractivity contribution in [3.05, 3.63) is 67.0 Å². The Morgan fingerprint density at radius 2 is 1.74 bits per heavy atom. The molecule has 2 aromatic carbocycles. The van der Waals surface area contributed by atoms with Gasteiger partial charge >= 0.3 is 12.2 Å². The molecule has 0 bridgehead atoms. The zero-order valence-corrected chi connectivity index (χ0v) is 20.2. The number of rotatable bonds is 4. The minimum Gasteiger partial charge on any atom is -0.452 e. The molecule has 1 atom stereocenters. The van der Waals surface area contributed by atoms with Gasteiger partial charge in [0.25, 0.3) is 0 Å². The molecule has 0 unspecified atom stereocenters. The number of nitrogens with zero attached hydrogens (tertiary/aromatic N) is 3. The third-order valence-electron chi connectivity index (χ3n) is 5.37. The average Bonchev–Trinajstić information content (AvgIpc) is 2.83. The number of ether oxygens (including phenoxy) is 2. The van der Waals surface area contributed by atoms with Crippen LogP contribution in [-0.2, 0) is 14.8 Å². The summed E-state index contributed by atoms with van der Waals surface area (Å²) in [5.41, 5.74) is 2.95. The highest BCUT2D eigenvalue weighted by atomic mass is 32.2. The molecule has 11 heteroatoms. The van der Waals surface area contributed by atoms with Crippen LogP contribution in [0.5, 0.6) is 5.75 Å². The normalized spacial score (nSPS) is 15.2. The monoisotopic (exact) mass is 496 g/mol. The van der Waals surface area contributed by atoms with Crippen LogP contribution < -0.4 is 19.3 Å². The predicted octanol–water partition coefficient (Wildman–Crippen LogP) is 4.10. The van der Waals surface area contributed by atoms with Gasteiger partial charge in [-0.1, -0.05) is 18.2 Å². The van der Waals surface area contributed by atoms with E-state index < -0.39 is 22.2 Å². The number of benzene rings is 2. The number of hydrogen-bond acceptors (Lipinski definition) is 7. The number of carbonyl (C=O) groups excluding carboxylic acids is 2. The lowest BCUT2D eigenvalue weighted by molar-refractivity contribution is 0.175. The van der Waals surface area contributed by atoms with E-state index in [-0.39, 0.29) is 12.6 Å². The van der Waals surface area contributed by atoms with E-state index in [0.717, 1.165) is 17.4 Å². The molecule has 1 N–H and O–H groups in total. The van der Waals surface area contributed by atoms with Gasteiger partial charge in [-0.2, -0.15) is 0 Å². The highest BCUT2D eigenvalue weighted by molar-refractivity contribution is 7.92. The van der Waals surface area contributed by atoms with Crippen LogP contribution in [0.15, 0.2) is 67.0 Å². The summed E-state index contributed by atoms with van der Waals surface area (Å²) in [6, 6.07) is 15.1. The molecule has 35 heavy (non-hydrogen) atoms. The van der Waals surface area contributed by atoms with E-state index >= 15 is 0 Å². The van der Waals surface area contributed by atoms with Crippen molar-refractivity contribution in [2.75, 3.05) is 34.4 Å². The second-order valence-electron chi connectivity index (χ2n) is 8.01. The standard InChI is InChI=1S/C24H24N4O6S/c1-16-15-27(23(29)34-20-5-4-12-25-14-20)22-13-18(8-11-21(22)28(16)24(30)33-2)17-6-9-19(10-7-17)26-35(3,31)32/h4-14,16,26H,15H2,1-3H3/t16-/m0/s1. The largest absolute Gasteiger partial charge is 0.452 e. The molecule has 0 saturated carbocycles. The van der Waals surface area contributed by atoms with Crippen LogP contribution in [-0.4, -0.2) is 51.5 Å². The smallest absolute Gasteiger partial charge is 0.419 e. The number of anilines is 3. The molecule has 1 aliphatic rings. The molecular weight excluding hydrogens is 472 g/mol. The van der Waals surface area contributed by atoms with E-state index in [1.165, 1.54) is 23.1 Å². The zero-order valence-electron chi connectivity index (χ0n) is 19.3. The summed E-state index contributed by atoms with van der Waals surface area (Å²) in [5.74, 6) is 0.298. The Morgan fingerprint density at radius 3 is 2.37 bits per heavy atom. The SMILES string of the molecule is COC(=O)N1c2ccc(-c3ccc(NS(C)(=O)=O)cc3)cc2N(C(=O)Oc2cccnc2)C[C@@H]1C. The summed E-state index contributed by atoms with van der Waals surface area (Å²) in [6.45, 7) is 1.99. The first-order chi connectivity index (χ1) is 16.7. The molecule has 1 aromatic heterocycles. The fourth-order valence-electron chi connectivity index (χ4n) is 3.86. The van der Waals surface area contributed by atoms with Crippen molar-refractivity contribution in [3.8, 4) is 16.9 Å². The van der Waals surface area contributed by atoms with Crippen molar-refractivity contribution in [3.63, 3.8) is 0 Å². The first-order valence-electron chi connectivity index (χ1n) is 10.6. The topological polar surface area (TPSA) is 118 Å². The van der Waals surface area contributed by atoms with Gasteiger partial charge in [-0.25, -0.2) is 18.0 Å². The van der Waals surface area contributed by atoms with E-state index in [4.69, 9.17) is 9.47 Å². The molecule has 0 aliphatic carbocycles. The molecule has 10 nitrogen and oxygen atoms in total. The fraction of sp³-hybridized carbons (Fsp3) is 0.208. The van der Waals surface area contributed by atoms with Gasteiger partial charge in [0.05, 0.1) is 43.5 Å². The van der Waals surface area contributed by atoms with Crippen molar-refractivity contribution in [1.82, 2.24) is 4.98 Å². The number of fused-ring (bicyclic) bond motifs is 1. The Hall–Kier alpha value is -4.12. The number of hydrogen-bond donors (Lipinski definition) is 1. The van der Waals surface area contributed by atoms with Gasteiger partial charge < -0.3 is 9.47 Å². The molecule has 4 rings (SSSR count). The number of nitrogens with one attached hydrogen (secondary N) is 1. The minimum absolute atomic E-state index is 0.182. The van der Waals surface area contributed by atoms with E-state index in [0.29, 0.717) is 22.8 Å². The first-order valence-corrected chi connectivity index (χ1v) is 12.5. The maximum atomic E-state index is 13.1. The zero-order chi connectivity index (χ0) is 25.2. The second kappa shape index (κ2) is 9.63. The Bertz CT molecular complexity index is 1350. The fourth-order valence-corrected chi connectivity index (χ4v) is 4.43. The van der Waals surface area contributed by atoms with Crippen molar-refractivity contribution in [1.29, 1.82) is 0 Å². The lowest BCUT2D eigenvalue weighted by Crippen LogP contribution is -2.52. The Balaban J connectivity index is 1.72.